The number of thiophene rings is 1. The molecular formula is C27H27Cl2FN2O2S. The molecule has 1 aromatic heterocycles. The van der Waals surface area contributed by atoms with Gasteiger partial charge in [0.15, 0.2) is 0 Å². The Labute approximate surface area is 219 Å². The monoisotopic (exact) mass is 532 g/mol. The Balaban J connectivity index is 1.64. The van der Waals surface area contributed by atoms with Crippen LogP contribution in [0.4, 0.5) is 4.39 Å². The fourth-order valence-corrected chi connectivity index (χ4v) is 5.78. The van der Waals surface area contributed by atoms with Gasteiger partial charge in [0.25, 0.3) is 5.91 Å². The number of benzene rings is 2. The van der Waals surface area contributed by atoms with E-state index in [2.05, 4.69) is 13.8 Å². The quantitative estimate of drug-likeness (QED) is 0.333. The first-order valence-corrected chi connectivity index (χ1v) is 13.2. The minimum Gasteiger partial charge on any atom is -0.330 e. The van der Waals surface area contributed by atoms with Gasteiger partial charge in [-0.25, -0.2) is 4.39 Å². The molecule has 0 bridgehead atoms. The molecule has 1 aliphatic heterocycles. The second kappa shape index (κ2) is 11.1. The van der Waals surface area contributed by atoms with Crippen molar-refractivity contribution in [3.05, 3.63) is 91.3 Å². The maximum absolute atomic E-state index is 13.8. The Morgan fingerprint density at radius 3 is 2.66 bits per heavy atom. The van der Waals surface area contributed by atoms with E-state index in [4.69, 9.17) is 23.2 Å². The molecule has 8 heteroatoms. The van der Waals surface area contributed by atoms with Crippen molar-refractivity contribution < 1.29 is 14.0 Å². The standard InChI is InChI=1S/C27H27Cl2FN2O2S/c1-17(2)8-11-31(27(34)18-4-3-5-20(30)14-18)16-25(33)32-12-9-24-22(10-13-35-24)26(32)21-7-6-19(28)15-23(21)29/h3-7,10,13-15,17,26H,8-9,11-12,16H2,1-2H3. The maximum atomic E-state index is 13.8. The molecule has 0 saturated carbocycles. The highest BCUT2D eigenvalue weighted by Crippen LogP contribution is 2.41. The molecule has 0 N–H and O–H groups in total. The Morgan fingerprint density at radius 1 is 1.14 bits per heavy atom. The smallest absolute Gasteiger partial charge is 0.254 e. The summed E-state index contributed by atoms with van der Waals surface area (Å²) in [5.74, 6) is -0.666. The molecule has 4 rings (SSSR count). The van der Waals surface area contributed by atoms with Gasteiger partial charge in [0.1, 0.15) is 12.4 Å². The fourth-order valence-electron chi connectivity index (χ4n) is 4.37. The van der Waals surface area contributed by atoms with Crippen molar-refractivity contribution >= 4 is 46.4 Å². The molecule has 0 radical (unpaired) electrons. The molecule has 1 aliphatic rings. The second-order valence-corrected chi connectivity index (χ2v) is 11.0. The van der Waals surface area contributed by atoms with Gasteiger partial charge in [-0.15, -0.1) is 11.3 Å². The largest absolute Gasteiger partial charge is 0.330 e. The number of carbonyl (C=O) groups excluding carboxylic acids is 2. The Hall–Kier alpha value is -2.41. The highest BCUT2D eigenvalue weighted by molar-refractivity contribution is 7.10. The number of hydrogen-bond acceptors (Lipinski definition) is 3. The van der Waals surface area contributed by atoms with Gasteiger partial charge in [-0.05, 0) is 71.7 Å². The number of hydrogen-bond donors (Lipinski definition) is 0. The molecular weight excluding hydrogens is 506 g/mol. The maximum Gasteiger partial charge on any atom is 0.254 e. The van der Waals surface area contributed by atoms with Gasteiger partial charge in [0.2, 0.25) is 5.91 Å². The summed E-state index contributed by atoms with van der Waals surface area (Å²) >= 11 is 14.4. The molecule has 2 aromatic carbocycles. The van der Waals surface area contributed by atoms with E-state index in [0.29, 0.717) is 29.1 Å². The average Bonchev–Trinajstić information content (AvgIpc) is 3.30. The zero-order chi connectivity index (χ0) is 25.1. The highest BCUT2D eigenvalue weighted by atomic mass is 35.5. The zero-order valence-corrected chi connectivity index (χ0v) is 22.0. The van der Waals surface area contributed by atoms with E-state index in [1.54, 1.807) is 34.4 Å². The minimum atomic E-state index is -0.482. The van der Waals surface area contributed by atoms with Crippen molar-refractivity contribution in [3.8, 4) is 0 Å². The number of nitrogens with zero attached hydrogens (tertiary/aromatic N) is 2. The molecule has 2 amide bonds. The summed E-state index contributed by atoms with van der Waals surface area (Å²) in [5.41, 5.74) is 2.08. The Bertz CT molecular complexity index is 1230. The van der Waals surface area contributed by atoms with E-state index in [1.165, 1.54) is 28.0 Å². The van der Waals surface area contributed by atoms with Crippen molar-refractivity contribution in [1.82, 2.24) is 9.80 Å². The first-order valence-electron chi connectivity index (χ1n) is 11.6. The van der Waals surface area contributed by atoms with Crippen LogP contribution in [0.15, 0.2) is 53.9 Å². The molecule has 35 heavy (non-hydrogen) atoms. The number of rotatable bonds is 7. The Morgan fingerprint density at radius 2 is 1.94 bits per heavy atom. The van der Waals surface area contributed by atoms with Crippen LogP contribution in [-0.2, 0) is 11.2 Å². The molecule has 2 heterocycles. The van der Waals surface area contributed by atoms with Crippen LogP contribution in [0.2, 0.25) is 10.0 Å². The first-order chi connectivity index (χ1) is 16.7. The molecule has 1 unspecified atom stereocenters. The fraction of sp³-hybridized carbons (Fsp3) is 0.333. The minimum absolute atomic E-state index is 0.0940. The van der Waals surface area contributed by atoms with Crippen LogP contribution in [0.5, 0.6) is 0 Å². The molecule has 0 fully saturated rings. The topological polar surface area (TPSA) is 40.6 Å². The van der Waals surface area contributed by atoms with Gasteiger partial charge < -0.3 is 9.80 Å². The van der Waals surface area contributed by atoms with Gasteiger partial charge in [0.05, 0.1) is 6.04 Å². The van der Waals surface area contributed by atoms with Gasteiger partial charge in [-0.3, -0.25) is 9.59 Å². The van der Waals surface area contributed by atoms with Crippen LogP contribution >= 0.6 is 34.5 Å². The summed E-state index contributed by atoms with van der Waals surface area (Å²) in [7, 11) is 0. The van der Waals surface area contributed by atoms with Crippen LogP contribution in [0, 0.1) is 11.7 Å². The van der Waals surface area contributed by atoms with Crippen molar-refractivity contribution in [2.45, 2.75) is 32.7 Å². The normalized spacial score (nSPS) is 15.3. The predicted octanol–water partition coefficient (Wildman–Crippen LogP) is 6.86. The summed E-state index contributed by atoms with van der Waals surface area (Å²) in [4.78, 5) is 31.6. The molecule has 0 spiro atoms. The molecule has 1 atom stereocenters. The third-order valence-corrected chi connectivity index (χ3v) is 7.76. The van der Waals surface area contributed by atoms with Crippen LogP contribution in [0.25, 0.3) is 0 Å². The van der Waals surface area contributed by atoms with E-state index in [-0.39, 0.29) is 30.0 Å². The summed E-state index contributed by atoms with van der Waals surface area (Å²) in [6.45, 7) is 4.95. The van der Waals surface area contributed by atoms with Crippen molar-refractivity contribution in [3.63, 3.8) is 0 Å². The van der Waals surface area contributed by atoms with Gasteiger partial charge >= 0.3 is 0 Å². The highest BCUT2D eigenvalue weighted by Gasteiger charge is 2.35. The predicted molar refractivity (Wildman–Crippen MR) is 140 cm³/mol. The summed E-state index contributed by atoms with van der Waals surface area (Å²) in [6, 6.07) is 12.6. The first kappa shape index (κ1) is 25.7. The summed E-state index contributed by atoms with van der Waals surface area (Å²) in [5, 5.41) is 3.04. The van der Waals surface area contributed by atoms with Crippen LogP contribution in [0.1, 0.15) is 52.7 Å². The van der Waals surface area contributed by atoms with E-state index in [1.807, 2.05) is 17.5 Å². The lowest BCUT2D eigenvalue weighted by Crippen LogP contribution is -2.47. The SMILES string of the molecule is CC(C)CCN(CC(=O)N1CCc2sccc2C1c1ccc(Cl)cc1Cl)C(=O)c1cccc(F)c1. The van der Waals surface area contributed by atoms with Gasteiger partial charge in [-0.1, -0.05) is 49.2 Å². The second-order valence-electron chi connectivity index (χ2n) is 9.12. The number of amides is 2. The number of fused-ring (bicyclic) bond motifs is 1. The van der Waals surface area contributed by atoms with Crippen molar-refractivity contribution in [2.75, 3.05) is 19.6 Å². The lowest BCUT2D eigenvalue weighted by molar-refractivity contribution is -0.134. The molecule has 3 aromatic rings. The van der Waals surface area contributed by atoms with Crippen LogP contribution < -0.4 is 0 Å². The molecule has 4 nitrogen and oxygen atoms in total. The number of halogens is 3. The molecule has 0 aliphatic carbocycles. The van der Waals surface area contributed by atoms with Gasteiger partial charge in [0, 0.05) is 33.6 Å². The third kappa shape index (κ3) is 5.88. The zero-order valence-electron chi connectivity index (χ0n) is 19.6. The van der Waals surface area contributed by atoms with Crippen molar-refractivity contribution in [1.29, 1.82) is 0 Å². The van der Waals surface area contributed by atoms with Crippen LogP contribution in [-0.4, -0.2) is 41.2 Å². The Kier molecular flexibility index (Phi) is 8.15. The summed E-state index contributed by atoms with van der Waals surface area (Å²) < 4.78 is 13.8. The van der Waals surface area contributed by atoms with E-state index in [9.17, 15) is 14.0 Å². The number of carbonyl (C=O) groups is 2. The lowest BCUT2D eigenvalue weighted by Gasteiger charge is -2.38. The molecule has 184 valence electrons. The third-order valence-electron chi connectivity index (χ3n) is 6.20. The van der Waals surface area contributed by atoms with Crippen molar-refractivity contribution in [2.24, 2.45) is 5.92 Å². The lowest BCUT2D eigenvalue weighted by atomic mass is 9.93. The summed E-state index contributed by atoms with van der Waals surface area (Å²) in [6.07, 6.45) is 1.47. The van der Waals surface area contributed by atoms with E-state index < -0.39 is 5.82 Å². The van der Waals surface area contributed by atoms with Gasteiger partial charge in [-0.2, -0.15) is 0 Å². The molecule has 0 saturated heterocycles. The van der Waals surface area contributed by atoms with E-state index in [0.717, 1.165) is 24.0 Å². The van der Waals surface area contributed by atoms with E-state index >= 15 is 0 Å². The van der Waals surface area contributed by atoms with Crippen LogP contribution in [0.3, 0.4) is 0 Å². The average molecular weight is 533 g/mol.